The lowest BCUT2D eigenvalue weighted by Gasteiger charge is -2.33. The molecule has 3 N–H and O–H groups in total. The molecule has 3 heterocycles. The monoisotopic (exact) mass is 464 g/mol. The molecule has 2 aliphatic rings. The first-order chi connectivity index (χ1) is 16.4. The number of carbonyl (C=O) groups excluding carboxylic acids is 1. The number of ether oxygens (including phenoxy) is 1. The van der Waals surface area contributed by atoms with Crippen molar-refractivity contribution in [3.8, 4) is 5.75 Å². The average Bonchev–Trinajstić information content (AvgIpc) is 3.24. The molecule has 9 heteroatoms. The van der Waals surface area contributed by atoms with Crippen LogP contribution in [0.5, 0.6) is 5.75 Å². The number of nitrogens with one attached hydrogen (secondary N) is 2. The van der Waals surface area contributed by atoms with Crippen LogP contribution in [0.2, 0.25) is 0 Å². The van der Waals surface area contributed by atoms with E-state index in [1.807, 2.05) is 49.2 Å². The molecule has 1 aromatic carbocycles. The van der Waals surface area contributed by atoms with E-state index in [4.69, 9.17) is 9.72 Å². The average molecular weight is 465 g/mol. The number of fused-ring (bicyclic) bond motifs is 1. The smallest absolute Gasteiger partial charge is 0.253 e. The lowest BCUT2D eigenvalue weighted by molar-refractivity contribution is 0.0196. The molecule has 1 aliphatic heterocycles. The van der Waals surface area contributed by atoms with Crippen molar-refractivity contribution in [2.45, 2.75) is 57.6 Å². The van der Waals surface area contributed by atoms with Crippen LogP contribution in [-0.4, -0.2) is 61.9 Å². The Morgan fingerprint density at radius 2 is 2.06 bits per heavy atom. The van der Waals surface area contributed by atoms with E-state index in [9.17, 15) is 9.90 Å². The molecule has 1 amide bonds. The Morgan fingerprint density at radius 1 is 1.26 bits per heavy atom. The van der Waals surface area contributed by atoms with Crippen LogP contribution in [0.25, 0.3) is 5.52 Å². The molecular weight excluding hydrogens is 432 g/mol. The zero-order chi connectivity index (χ0) is 23.7. The van der Waals surface area contributed by atoms with Crippen LogP contribution in [0.1, 0.15) is 56.3 Å². The van der Waals surface area contributed by atoms with Crippen LogP contribution >= 0.6 is 0 Å². The quantitative estimate of drug-likeness (QED) is 0.488. The number of carbonyl (C=O) groups is 1. The topological polar surface area (TPSA) is 104 Å². The van der Waals surface area contributed by atoms with Gasteiger partial charge in [-0.2, -0.15) is 4.98 Å². The third-order valence-corrected chi connectivity index (χ3v) is 6.71. The minimum absolute atomic E-state index is 0.0294. The summed E-state index contributed by atoms with van der Waals surface area (Å²) in [5, 5.41) is 21.7. The number of anilines is 3. The van der Waals surface area contributed by atoms with Gasteiger partial charge in [0.05, 0.1) is 17.9 Å². The molecule has 0 bridgehead atoms. The van der Waals surface area contributed by atoms with E-state index in [-0.39, 0.29) is 11.9 Å². The maximum atomic E-state index is 12.6. The normalized spacial score (nSPS) is 22.3. The molecule has 5 rings (SSSR count). The molecule has 3 aromatic rings. The van der Waals surface area contributed by atoms with Gasteiger partial charge in [0, 0.05) is 30.9 Å². The molecule has 0 radical (unpaired) electrons. The first-order valence-electron chi connectivity index (χ1n) is 12.1. The number of nitrogens with zero attached hydrogens (tertiary/aromatic N) is 4. The molecule has 0 spiro atoms. The number of amides is 1. The van der Waals surface area contributed by atoms with Crippen molar-refractivity contribution in [1.29, 1.82) is 0 Å². The summed E-state index contributed by atoms with van der Waals surface area (Å²) >= 11 is 0. The van der Waals surface area contributed by atoms with Gasteiger partial charge in [0.25, 0.3) is 5.91 Å². The van der Waals surface area contributed by atoms with E-state index < -0.39 is 5.60 Å². The second kappa shape index (κ2) is 9.13. The van der Waals surface area contributed by atoms with E-state index >= 15 is 0 Å². The fourth-order valence-corrected chi connectivity index (χ4v) is 4.53. The molecule has 9 nitrogen and oxygen atoms in total. The maximum absolute atomic E-state index is 12.6. The number of hydrogen-bond donors (Lipinski definition) is 3. The SMILES string of the molecule is CCOc1cc(C(=O)N2CCC2)ccc1Nc1nc(N[C@H]2CC[C@](C)(O)CC2)c2cccn2n1. The minimum atomic E-state index is -0.584. The Labute approximate surface area is 199 Å². The van der Waals surface area contributed by atoms with E-state index in [2.05, 4.69) is 15.7 Å². The summed E-state index contributed by atoms with van der Waals surface area (Å²) in [7, 11) is 0. The molecule has 0 atom stereocenters. The highest BCUT2D eigenvalue weighted by Gasteiger charge is 2.29. The largest absolute Gasteiger partial charge is 0.492 e. The summed E-state index contributed by atoms with van der Waals surface area (Å²) in [6.45, 7) is 5.91. The number of aliphatic hydroxyl groups is 1. The van der Waals surface area contributed by atoms with Crippen molar-refractivity contribution >= 4 is 28.9 Å². The molecule has 2 aromatic heterocycles. The summed E-state index contributed by atoms with van der Waals surface area (Å²) in [6, 6.07) is 9.60. The first kappa shape index (κ1) is 22.5. The highest BCUT2D eigenvalue weighted by atomic mass is 16.5. The van der Waals surface area contributed by atoms with Crippen molar-refractivity contribution in [1.82, 2.24) is 19.5 Å². The van der Waals surface area contributed by atoms with Gasteiger partial charge in [-0.25, -0.2) is 4.52 Å². The number of likely N-dealkylation sites (tertiary alicyclic amines) is 1. The van der Waals surface area contributed by atoms with Gasteiger partial charge in [0.15, 0.2) is 5.82 Å². The Morgan fingerprint density at radius 3 is 2.76 bits per heavy atom. The van der Waals surface area contributed by atoms with Crippen molar-refractivity contribution in [2.75, 3.05) is 30.3 Å². The summed E-state index contributed by atoms with van der Waals surface area (Å²) in [5.74, 6) is 1.80. The Hall–Kier alpha value is -3.33. The van der Waals surface area contributed by atoms with Crippen molar-refractivity contribution in [3.63, 3.8) is 0 Å². The van der Waals surface area contributed by atoms with Gasteiger partial charge in [-0.1, -0.05) is 0 Å². The molecule has 34 heavy (non-hydrogen) atoms. The zero-order valence-corrected chi connectivity index (χ0v) is 19.8. The second-order valence-corrected chi connectivity index (χ2v) is 9.45. The van der Waals surface area contributed by atoms with E-state index in [0.29, 0.717) is 29.6 Å². The predicted molar refractivity (Wildman–Crippen MR) is 131 cm³/mol. The van der Waals surface area contributed by atoms with Gasteiger partial charge < -0.3 is 25.4 Å². The van der Waals surface area contributed by atoms with Crippen molar-refractivity contribution < 1.29 is 14.6 Å². The van der Waals surface area contributed by atoms with Gasteiger partial charge >= 0.3 is 0 Å². The summed E-state index contributed by atoms with van der Waals surface area (Å²) in [5.41, 5.74) is 1.63. The number of rotatable bonds is 7. The molecule has 1 saturated carbocycles. The Bertz CT molecular complexity index is 1180. The highest BCUT2D eigenvalue weighted by Crippen LogP contribution is 2.32. The summed E-state index contributed by atoms with van der Waals surface area (Å²) < 4.78 is 7.63. The number of hydrogen-bond acceptors (Lipinski definition) is 7. The minimum Gasteiger partial charge on any atom is -0.492 e. The maximum Gasteiger partial charge on any atom is 0.253 e. The summed E-state index contributed by atoms with van der Waals surface area (Å²) in [6.07, 6.45) is 6.23. The van der Waals surface area contributed by atoms with Crippen LogP contribution in [-0.2, 0) is 0 Å². The molecule has 180 valence electrons. The van der Waals surface area contributed by atoms with E-state index in [1.54, 1.807) is 10.6 Å². The molecule has 1 saturated heterocycles. The van der Waals surface area contributed by atoms with Gasteiger partial charge in [-0.05, 0) is 76.3 Å². The van der Waals surface area contributed by atoms with Gasteiger partial charge in [0.1, 0.15) is 11.3 Å². The summed E-state index contributed by atoms with van der Waals surface area (Å²) in [4.78, 5) is 19.2. The lowest BCUT2D eigenvalue weighted by atomic mass is 9.84. The van der Waals surface area contributed by atoms with Crippen LogP contribution < -0.4 is 15.4 Å². The van der Waals surface area contributed by atoms with Crippen molar-refractivity contribution in [2.24, 2.45) is 0 Å². The molecule has 0 unspecified atom stereocenters. The standard InChI is InChI=1S/C25H32N6O3/c1-3-34-21-16-17(23(32)30-13-5-14-30)7-8-19(21)27-24-28-22(20-6-4-15-31(20)29-24)26-18-9-11-25(2,33)12-10-18/h4,6-8,15-16,18,33H,3,5,9-14H2,1-2H3,(H2,26,27,28,29)/t18-,25-. The predicted octanol–water partition coefficient (Wildman–Crippen LogP) is 3.82. The Kier molecular flexibility index (Phi) is 6.03. The van der Waals surface area contributed by atoms with Crippen LogP contribution in [0.15, 0.2) is 36.5 Å². The van der Waals surface area contributed by atoms with Gasteiger partial charge in [0.2, 0.25) is 5.95 Å². The fourth-order valence-electron chi connectivity index (χ4n) is 4.53. The number of benzene rings is 1. The lowest BCUT2D eigenvalue weighted by Crippen LogP contribution is -2.42. The van der Waals surface area contributed by atoms with Crippen LogP contribution in [0, 0.1) is 0 Å². The highest BCUT2D eigenvalue weighted by molar-refractivity contribution is 5.95. The number of aromatic nitrogens is 3. The molecular formula is C25H32N6O3. The van der Waals surface area contributed by atoms with Gasteiger partial charge in [-0.15, -0.1) is 5.10 Å². The Balaban J connectivity index is 1.39. The zero-order valence-electron chi connectivity index (χ0n) is 19.8. The van der Waals surface area contributed by atoms with Crippen LogP contribution in [0.3, 0.4) is 0 Å². The fraction of sp³-hybridized carbons (Fsp3) is 0.480. The second-order valence-electron chi connectivity index (χ2n) is 9.45. The van der Waals surface area contributed by atoms with Crippen molar-refractivity contribution in [3.05, 3.63) is 42.1 Å². The molecule has 2 fully saturated rings. The molecule has 1 aliphatic carbocycles. The third-order valence-electron chi connectivity index (χ3n) is 6.71. The van der Waals surface area contributed by atoms with E-state index in [1.165, 1.54) is 0 Å². The first-order valence-corrected chi connectivity index (χ1v) is 12.1. The third kappa shape index (κ3) is 4.65. The van der Waals surface area contributed by atoms with Gasteiger partial charge in [-0.3, -0.25) is 4.79 Å². The van der Waals surface area contributed by atoms with Crippen LogP contribution in [0.4, 0.5) is 17.5 Å². The van der Waals surface area contributed by atoms with E-state index in [0.717, 1.165) is 56.5 Å².